The maximum Gasteiger partial charge on any atom is 0.404 e. The molecule has 0 aliphatic heterocycles. The predicted octanol–water partition coefficient (Wildman–Crippen LogP) is 3.31. The molecule has 0 aromatic carbocycles. The predicted molar refractivity (Wildman–Crippen MR) is 121 cm³/mol. The van der Waals surface area contributed by atoms with E-state index in [2.05, 4.69) is 36.4 Å². The summed E-state index contributed by atoms with van der Waals surface area (Å²) >= 11 is 2.67. The first-order valence-electron chi connectivity index (χ1n) is 10.2. The zero-order valence-electron chi connectivity index (χ0n) is 17.6. The van der Waals surface area contributed by atoms with Crippen LogP contribution in [0.1, 0.15) is 37.1 Å². The Morgan fingerprint density at radius 3 is 2.72 bits per heavy atom. The summed E-state index contributed by atoms with van der Waals surface area (Å²) in [5.41, 5.74) is 5.03. The van der Waals surface area contributed by atoms with Gasteiger partial charge in [0.05, 0.1) is 12.5 Å². The van der Waals surface area contributed by atoms with Crippen molar-refractivity contribution in [3.05, 3.63) is 22.4 Å². The molecule has 1 atom stereocenters. The number of carbonyl (C=O) groups excluding carboxylic acids is 1. The molecule has 2 aromatic rings. The van der Waals surface area contributed by atoms with Crippen molar-refractivity contribution in [2.75, 3.05) is 23.5 Å². The fourth-order valence-electron chi connectivity index (χ4n) is 3.58. The first-order valence-corrected chi connectivity index (χ1v) is 12.3. The first kappa shape index (κ1) is 24.0. The number of rotatable bonds is 11. The lowest BCUT2D eigenvalue weighted by atomic mass is 9.92. The fourth-order valence-corrected chi connectivity index (χ4v) is 4.50. The Bertz CT molecular complexity index is 911. The minimum Gasteiger partial charge on any atom is -0.465 e. The molecule has 174 valence electrons. The van der Waals surface area contributed by atoms with Gasteiger partial charge in [-0.25, -0.2) is 19.7 Å². The van der Waals surface area contributed by atoms with Crippen LogP contribution in [0.15, 0.2) is 16.7 Å². The van der Waals surface area contributed by atoms with E-state index in [9.17, 15) is 14.0 Å². The highest BCUT2D eigenvalue weighted by molar-refractivity contribution is 7.98. The molecule has 2 amide bonds. The maximum atomic E-state index is 14.9. The van der Waals surface area contributed by atoms with Crippen LogP contribution in [0.25, 0.3) is 0 Å². The Morgan fingerprint density at radius 2 is 2.06 bits per heavy atom. The van der Waals surface area contributed by atoms with Crippen molar-refractivity contribution in [1.29, 1.82) is 0 Å². The molecule has 0 spiro atoms. The number of halogens is 1. The van der Waals surface area contributed by atoms with Crippen LogP contribution in [-0.2, 0) is 11.3 Å². The Kier molecular flexibility index (Phi) is 8.85. The monoisotopic (exact) mass is 483 g/mol. The number of hydrogen-bond acceptors (Lipinski definition) is 9. The van der Waals surface area contributed by atoms with Crippen molar-refractivity contribution < 1.29 is 19.1 Å². The van der Waals surface area contributed by atoms with Gasteiger partial charge in [0.2, 0.25) is 11.7 Å². The molecule has 5 N–H and O–H groups in total. The van der Waals surface area contributed by atoms with Gasteiger partial charge >= 0.3 is 6.09 Å². The Labute approximate surface area is 193 Å². The molecular weight excluding hydrogens is 457 g/mol. The van der Waals surface area contributed by atoms with Crippen LogP contribution in [0.2, 0.25) is 0 Å². The molecule has 0 saturated heterocycles. The molecule has 32 heavy (non-hydrogen) atoms. The van der Waals surface area contributed by atoms with E-state index in [1.54, 1.807) is 12.5 Å². The third kappa shape index (κ3) is 6.92. The van der Waals surface area contributed by atoms with Crippen LogP contribution >= 0.6 is 23.1 Å². The van der Waals surface area contributed by atoms with E-state index in [1.807, 2.05) is 5.38 Å². The van der Waals surface area contributed by atoms with Crippen LogP contribution in [0.5, 0.6) is 0 Å². The molecule has 0 unspecified atom stereocenters. The van der Waals surface area contributed by atoms with E-state index >= 15 is 0 Å². The normalized spacial score (nSPS) is 14.7. The zero-order valence-corrected chi connectivity index (χ0v) is 19.2. The minimum absolute atomic E-state index is 0.00801. The van der Waals surface area contributed by atoms with Gasteiger partial charge in [-0.15, -0.1) is 11.3 Å². The van der Waals surface area contributed by atoms with Crippen LogP contribution in [0.4, 0.5) is 20.8 Å². The van der Waals surface area contributed by atoms with Crippen molar-refractivity contribution in [2.24, 2.45) is 11.8 Å². The average molecular weight is 484 g/mol. The second-order valence-corrected chi connectivity index (χ2v) is 9.14. The number of nitrogens with zero attached hydrogens (tertiary/aromatic N) is 3. The van der Waals surface area contributed by atoms with Gasteiger partial charge in [-0.1, -0.05) is 37.4 Å². The number of hydrazine groups is 1. The van der Waals surface area contributed by atoms with E-state index in [-0.39, 0.29) is 18.2 Å². The summed E-state index contributed by atoms with van der Waals surface area (Å²) < 4.78 is 14.9. The molecule has 1 aliphatic carbocycles. The first-order chi connectivity index (χ1) is 15.5. The number of nitrogens with one attached hydrogen (secondary N) is 4. The van der Waals surface area contributed by atoms with Crippen LogP contribution in [-0.4, -0.2) is 44.9 Å². The van der Waals surface area contributed by atoms with Crippen LogP contribution in [0.3, 0.4) is 0 Å². The highest BCUT2D eigenvalue weighted by Crippen LogP contribution is 2.30. The van der Waals surface area contributed by atoms with E-state index in [4.69, 9.17) is 5.11 Å². The van der Waals surface area contributed by atoms with Gasteiger partial charge in [0.1, 0.15) is 5.01 Å². The number of carboxylic acid groups (broad SMARTS) is 1. The standard InChI is InChI=1S/C19H26FN7O3S2/c1-31-18-24-15(22-10-13-21-6-7-32-13)14(20)16(25-18)26-27-17(28)12(9-23-19(29)30)8-11-4-2-3-5-11/h6-7,11-12,23H,2-5,8-10H2,1H3,(H,27,28)(H,29,30)(H2,22,24,25,26)/t12-/m1/s1. The summed E-state index contributed by atoms with van der Waals surface area (Å²) in [5, 5.41) is 17.0. The van der Waals surface area contributed by atoms with Gasteiger partial charge in [0.25, 0.3) is 0 Å². The number of hydrogen-bond donors (Lipinski definition) is 5. The van der Waals surface area contributed by atoms with Crippen molar-refractivity contribution in [1.82, 2.24) is 25.7 Å². The van der Waals surface area contributed by atoms with Gasteiger partial charge in [-0.2, -0.15) is 4.39 Å². The van der Waals surface area contributed by atoms with E-state index in [0.717, 1.165) is 30.7 Å². The lowest BCUT2D eigenvalue weighted by molar-refractivity contribution is -0.124. The van der Waals surface area contributed by atoms with E-state index in [1.165, 1.54) is 23.1 Å². The average Bonchev–Trinajstić information content (AvgIpc) is 3.49. The van der Waals surface area contributed by atoms with Gasteiger partial charge in [-0.3, -0.25) is 15.6 Å². The summed E-state index contributed by atoms with van der Waals surface area (Å²) in [7, 11) is 0. The Balaban J connectivity index is 1.66. The zero-order chi connectivity index (χ0) is 22.9. The number of thiazole rings is 1. The molecule has 2 aromatic heterocycles. The molecule has 1 aliphatic rings. The topological polar surface area (TPSA) is 141 Å². The highest BCUT2D eigenvalue weighted by Gasteiger charge is 2.26. The third-order valence-electron chi connectivity index (χ3n) is 5.17. The van der Waals surface area contributed by atoms with Gasteiger partial charge < -0.3 is 15.7 Å². The summed E-state index contributed by atoms with van der Waals surface area (Å²) in [4.78, 5) is 36.0. The molecule has 3 rings (SSSR count). The maximum absolute atomic E-state index is 14.9. The Hall–Kier alpha value is -2.67. The molecular formula is C19H26FN7O3S2. The second-order valence-electron chi connectivity index (χ2n) is 7.38. The van der Waals surface area contributed by atoms with Crippen molar-refractivity contribution in [3.63, 3.8) is 0 Å². The number of amides is 2. The molecule has 0 radical (unpaired) electrons. The lowest BCUT2D eigenvalue weighted by Crippen LogP contribution is -2.41. The quantitative estimate of drug-likeness (QED) is 0.185. The van der Waals surface area contributed by atoms with E-state index in [0.29, 0.717) is 24.0 Å². The number of anilines is 2. The van der Waals surface area contributed by atoms with E-state index < -0.39 is 23.7 Å². The minimum atomic E-state index is -1.19. The van der Waals surface area contributed by atoms with Crippen LogP contribution < -0.4 is 21.5 Å². The lowest BCUT2D eigenvalue weighted by Gasteiger charge is -2.20. The summed E-state index contributed by atoms with van der Waals surface area (Å²) in [6.45, 7) is 0.290. The molecule has 13 heteroatoms. The van der Waals surface area contributed by atoms with Gasteiger partial charge in [0.15, 0.2) is 16.8 Å². The molecule has 0 bridgehead atoms. The van der Waals surface area contributed by atoms with Crippen molar-refractivity contribution >= 4 is 46.7 Å². The number of aromatic nitrogens is 3. The molecule has 1 saturated carbocycles. The smallest absolute Gasteiger partial charge is 0.404 e. The number of thioether (sulfide) groups is 1. The number of carbonyl (C=O) groups is 2. The second kappa shape index (κ2) is 11.8. The summed E-state index contributed by atoms with van der Waals surface area (Å²) in [6.07, 6.45) is 7.07. The molecule has 2 heterocycles. The van der Waals surface area contributed by atoms with Crippen LogP contribution in [0, 0.1) is 17.7 Å². The Morgan fingerprint density at radius 1 is 1.31 bits per heavy atom. The van der Waals surface area contributed by atoms with Crippen molar-refractivity contribution in [3.8, 4) is 0 Å². The largest absolute Gasteiger partial charge is 0.465 e. The third-order valence-corrected chi connectivity index (χ3v) is 6.50. The SMILES string of the molecule is CSc1nc(NCc2nccs2)c(F)c(NNC(=O)[C@@H](CNC(=O)O)CC2CCCC2)n1. The molecule has 10 nitrogen and oxygen atoms in total. The van der Waals surface area contributed by atoms with Crippen molar-refractivity contribution in [2.45, 2.75) is 43.8 Å². The summed E-state index contributed by atoms with van der Waals surface area (Å²) in [6, 6.07) is 0. The van der Waals surface area contributed by atoms with Gasteiger partial charge in [0, 0.05) is 18.1 Å². The molecule has 1 fully saturated rings. The fraction of sp³-hybridized carbons (Fsp3) is 0.526. The summed E-state index contributed by atoms with van der Waals surface area (Å²) in [5.74, 6) is -1.55. The highest BCUT2D eigenvalue weighted by atomic mass is 32.2. The van der Waals surface area contributed by atoms with Gasteiger partial charge in [-0.05, 0) is 18.6 Å².